The van der Waals surface area contributed by atoms with Gasteiger partial charge in [-0.15, -0.1) is 0 Å². The molecule has 16 heavy (non-hydrogen) atoms. The van der Waals surface area contributed by atoms with Gasteiger partial charge >= 0.3 is 6.09 Å². The molecule has 1 saturated heterocycles. The third kappa shape index (κ3) is 4.37. The highest BCUT2D eigenvalue weighted by Gasteiger charge is 2.26. The minimum atomic E-state index is -0.422. The average Bonchev–Trinajstić information content (AvgIpc) is 2.16. The average molecular weight is 230 g/mol. The summed E-state index contributed by atoms with van der Waals surface area (Å²) in [5.74, 6) is 5.49. The third-order valence-corrected chi connectivity index (χ3v) is 2.60. The SMILES string of the molecule is CC(C)(C)OC(=O)N1CCC(CON)CC1. The van der Waals surface area contributed by atoms with E-state index in [1.54, 1.807) is 4.90 Å². The quantitative estimate of drug-likeness (QED) is 0.730. The molecule has 1 heterocycles. The van der Waals surface area contributed by atoms with Crippen LogP contribution < -0.4 is 5.90 Å². The van der Waals surface area contributed by atoms with Gasteiger partial charge in [-0.2, -0.15) is 0 Å². The molecule has 0 saturated carbocycles. The van der Waals surface area contributed by atoms with Crippen molar-refractivity contribution in [2.75, 3.05) is 19.7 Å². The number of amides is 1. The minimum absolute atomic E-state index is 0.223. The van der Waals surface area contributed by atoms with Crippen molar-refractivity contribution in [3.8, 4) is 0 Å². The second-order valence-corrected chi connectivity index (χ2v) is 5.24. The summed E-state index contributed by atoms with van der Waals surface area (Å²) in [6.45, 7) is 7.65. The number of ether oxygens (including phenoxy) is 1. The second kappa shape index (κ2) is 5.50. The van der Waals surface area contributed by atoms with Gasteiger partial charge in [0.15, 0.2) is 0 Å². The highest BCUT2D eigenvalue weighted by atomic mass is 16.6. The Morgan fingerprint density at radius 3 is 2.38 bits per heavy atom. The van der Waals surface area contributed by atoms with Crippen LogP contribution in [0.1, 0.15) is 33.6 Å². The number of hydrogen-bond donors (Lipinski definition) is 1. The Balaban J connectivity index is 2.33. The highest BCUT2D eigenvalue weighted by Crippen LogP contribution is 2.19. The van der Waals surface area contributed by atoms with Crippen molar-refractivity contribution in [3.63, 3.8) is 0 Å². The Morgan fingerprint density at radius 2 is 1.94 bits per heavy atom. The Labute approximate surface area is 96.8 Å². The maximum Gasteiger partial charge on any atom is 0.410 e. The van der Waals surface area contributed by atoms with E-state index >= 15 is 0 Å². The van der Waals surface area contributed by atoms with E-state index in [2.05, 4.69) is 4.84 Å². The van der Waals surface area contributed by atoms with Crippen molar-refractivity contribution in [1.82, 2.24) is 4.90 Å². The fourth-order valence-electron chi connectivity index (χ4n) is 1.74. The summed E-state index contributed by atoms with van der Waals surface area (Å²) in [5.41, 5.74) is -0.422. The van der Waals surface area contributed by atoms with Gasteiger partial charge in [0.25, 0.3) is 0 Å². The van der Waals surface area contributed by atoms with E-state index in [-0.39, 0.29) is 6.09 Å². The second-order valence-electron chi connectivity index (χ2n) is 5.24. The molecule has 1 aliphatic heterocycles. The van der Waals surface area contributed by atoms with Gasteiger partial charge in [0.1, 0.15) is 5.60 Å². The largest absolute Gasteiger partial charge is 0.444 e. The van der Waals surface area contributed by atoms with Gasteiger partial charge in [-0.3, -0.25) is 0 Å². The van der Waals surface area contributed by atoms with E-state index in [4.69, 9.17) is 10.6 Å². The van der Waals surface area contributed by atoms with Crippen LogP contribution in [0.25, 0.3) is 0 Å². The van der Waals surface area contributed by atoms with Crippen molar-refractivity contribution in [2.24, 2.45) is 11.8 Å². The Hall–Kier alpha value is -0.810. The minimum Gasteiger partial charge on any atom is -0.444 e. The number of likely N-dealkylation sites (tertiary alicyclic amines) is 1. The summed E-state index contributed by atoms with van der Waals surface area (Å²) in [6, 6.07) is 0. The lowest BCUT2D eigenvalue weighted by Crippen LogP contribution is -2.42. The maximum atomic E-state index is 11.7. The molecule has 1 fully saturated rings. The molecule has 0 aromatic rings. The summed E-state index contributed by atoms with van der Waals surface area (Å²) in [7, 11) is 0. The number of nitrogens with zero attached hydrogens (tertiary/aromatic N) is 1. The molecule has 5 heteroatoms. The summed E-state index contributed by atoms with van der Waals surface area (Å²) in [6.07, 6.45) is 1.63. The molecule has 0 aromatic heterocycles. The van der Waals surface area contributed by atoms with Gasteiger partial charge in [0, 0.05) is 13.1 Å². The first-order valence-electron chi connectivity index (χ1n) is 5.72. The Bertz CT molecular complexity index is 230. The van der Waals surface area contributed by atoms with Crippen molar-refractivity contribution >= 4 is 6.09 Å². The number of hydrogen-bond acceptors (Lipinski definition) is 4. The molecule has 0 atom stereocenters. The lowest BCUT2D eigenvalue weighted by molar-refractivity contribution is 0.0117. The first-order chi connectivity index (χ1) is 7.42. The number of piperidine rings is 1. The number of rotatable bonds is 2. The van der Waals surface area contributed by atoms with E-state index < -0.39 is 5.60 Å². The van der Waals surface area contributed by atoms with Crippen LogP contribution in [0.15, 0.2) is 0 Å². The summed E-state index contributed by atoms with van der Waals surface area (Å²) >= 11 is 0. The van der Waals surface area contributed by atoms with E-state index in [1.807, 2.05) is 20.8 Å². The summed E-state index contributed by atoms with van der Waals surface area (Å²) < 4.78 is 5.30. The molecule has 5 nitrogen and oxygen atoms in total. The van der Waals surface area contributed by atoms with E-state index in [0.29, 0.717) is 12.5 Å². The first-order valence-corrected chi connectivity index (χ1v) is 5.72. The van der Waals surface area contributed by atoms with Gasteiger partial charge in [-0.05, 0) is 39.5 Å². The van der Waals surface area contributed by atoms with Crippen LogP contribution in [0, 0.1) is 5.92 Å². The lowest BCUT2D eigenvalue weighted by Gasteiger charge is -2.33. The summed E-state index contributed by atoms with van der Waals surface area (Å²) in [4.78, 5) is 18.1. The fourth-order valence-corrected chi connectivity index (χ4v) is 1.74. The monoisotopic (exact) mass is 230 g/mol. The number of carbonyl (C=O) groups excluding carboxylic acids is 1. The van der Waals surface area contributed by atoms with E-state index in [9.17, 15) is 4.79 Å². The predicted octanol–water partition coefficient (Wildman–Crippen LogP) is 1.52. The highest BCUT2D eigenvalue weighted by molar-refractivity contribution is 5.68. The molecule has 2 N–H and O–H groups in total. The molecule has 1 rings (SSSR count). The molecule has 0 spiro atoms. The van der Waals surface area contributed by atoms with Crippen molar-refractivity contribution < 1.29 is 14.4 Å². The Morgan fingerprint density at radius 1 is 1.38 bits per heavy atom. The van der Waals surface area contributed by atoms with Crippen molar-refractivity contribution in [1.29, 1.82) is 0 Å². The molecular formula is C11H22N2O3. The smallest absolute Gasteiger partial charge is 0.410 e. The Kier molecular flexibility index (Phi) is 4.56. The van der Waals surface area contributed by atoms with E-state index in [1.165, 1.54) is 0 Å². The van der Waals surface area contributed by atoms with Gasteiger partial charge < -0.3 is 14.5 Å². The topological polar surface area (TPSA) is 64.8 Å². The zero-order valence-electron chi connectivity index (χ0n) is 10.4. The van der Waals surface area contributed by atoms with Crippen LogP contribution in [0.4, 0.5) is 4.79 Å². The maximum absolute atomic E-state index is 11.7. The molecule has 1 aliphatic rings. The first kappa shape index (κ1) is 13.3. The number of carbonyl (C=O) groups is 1. The predicted molar refractivity (Wildman–Crippen MR) is 60.7 cm³/mol. The van der Waals surface area contributed by atoms with Crippen LogP contribution in [0.3, 0.4) is 0 Å². The molecule has 0 aromatic carbocycles. The van der Waals surface area contributed by atoms with Crippen LogP contribution >= 0.6 is 0 Å². The molecule has 0 radical (unpaired) electrons. The van der Waals surface area contributed by atoms with E-state index in [0.717, 1.165) is 25.9 Å². The fraction of sp³-hybridized carbons (Fsp3) is 0.909. The molecular weight excluding hydrogens is 208 g/mol. The van der Waals surface area contributed by atoms with Crippen molar-refractivity contribution in [2.45, 2.75) is 39.2 Å². The standard InChI is InChI=1S/C11H22N2O3/c1-11(2,3)16-10(14)13-6-4-9(5-7-13)8-15-12/h9H,4-8,12H2,1-3H3. The normalized spacial score (nSPS) is 18.6. The van der Waals surface area contributed by atoms with Gasteiger partial charge in [0.2, 0.25) is 0 Å². The zero-order chi connectivity index (χ0) is 12.2. The molecule has 0 aliphatic carbocycles. The molecule has 1 amide bonds. The molecule has 0 unspecified atom stereocenters. The van der Waals surface area contributed by atoms with Gasteiger partial charge in [0.05, 0.1) is 6.61 Å². The molecule has 0 bridgehead atoms. The lowest BCUT2D eigenvalue weighted by atomic mass is 9.98. The van der Waals surface area contributed by atoms with Gasteiger partial charge in [-0.25, -0.2) is 10.7 Å². The van der Waals surface area contributed by atoms with Crippen LogP contribution in [-0.4, -0.2) is 36.3 Å². The van der Waals surface area contributed by atoms with Crippen molar-refractivity contribution in [3.05, 3.63) is 0 Å². The van der Waals surface area contributed by atoms with Crippen LogP contribution in [-0.2, 0) is 9.57 Å². The summed E-state index contributed by atoms with van der Waals surface area (Å²) in [5, 5.41) is 0. The zero-order valence-corrected chi connectivity index (χ0v) is 10.4. The molecule has 94 valence electrons. The third-order valence-electron chi connectivity index (χ3n) is 2.60. The van der Waals surface area contributed by atoms with Crippen LogP contribution in [0.5, 0.6) is 0 Å². The van der Waals surface area contributed by atoms with Gasteiger partial charge in [-0.1, -0.05) is 0 Å². The van der Waals surface area contributed by atoms with Crippen LogP contribution in [0.2, 0.25) is 0 Å². The number of nitrogens with two attached hydrogens (primary N) is 1.